The molecular formula is C26H31NO4. The van der Waals surface area contributed by atoms with Crippen LogP contribution in [0.15, 0.2) is 48.2 Å². The maximum atomic E-state index is 12.2. The summed E-state index contributed by atoms with van der Waals surface area (Å²) < 4.78 is 8.27. The minimum atomic E-state index is -0.790. The molecule has 1 N–H and O–H groups in total. The first-order valence-corrected chi connectivity index (χ1v) is 11.1. The molecule has 2 unspecified atom stereocenters. The van der Waals surface area contributed by atoms with Gasteiger partial charge in [0.05, 0.1) is 5.60 Å². The zero-order valence-electron chi connectivity index (χ0n) is 18.6. The Labute approximate surface area is 183 Å². The Morgan fingerprint density at radius 2 is 2.00 bits per heavy atom. The van der Waals surface area contributed by atoms with Crippen LogP contribution in [-0.4, -0.2) is 34.1 Å². The summed E-state index contributed by atoms with van der Waals surface area (Å²) in [5.41, 5.74) is 3.43. The third-order valence-corrected chi connectivity index (χ3v) is 7.15. The van der Waals surface area contributed by atoms with Crippen LogP contribution in [0.4, 0.5) is 0 Å². The Bertz CT molecular complexity index is 1070. The molecule has 2 aliphatic carbocycles. The highest BCUT2D eigenvalue weighted by atomic mass is 16.5. The van der Waals surface area contributed by atoms with Crippen LogP contribution in [0.5, 0.6) is 0 Å². The Kier molecular flexibility index (Phi) is 5.89. The molecule has 0 amide bonds. The summed E-state index contributed by atoms with van der Waals surface area (Å²) in [6.07, 6.45) is 13.6. The molecule has 1 aromatic heterocycles. The molecule has 31 heavy (non-hydrogen) atoms. The van der Waals surface area contributed by atoms with Gasteiger partial charge in [0.15, 0.2) is 5.78 Å². The number of carboxylic acid groups (broad SMARTS) is 1. The fraction of sp³-hybridized carbons (Fsp3) is 0.462. The van der Waals surface area contributed by atoms with Gasteiger partial charge in [0.1, 0.15) is 0 Å². The maximum absolute atomic E-state index is 12.2. The molecule has 5 heteroatoms. The largest absolute Gasteiger partial charge is 0.481 e. The molecule has 0 saturated heterocycles. The minimum Gasteiger partial charge on any atom is -0.481 e. The number of aromatic nitrogens is 1. The van der Waals surface area contributed by atoms with Crippen molar-refractivity contribution in [1.82, 2.24) is 4.57 Å². The van der Waals surface area contributed by atoms with E-state index in [-0.39, 0.29) is 18.1 Å². The van der Waals surface area contributed by atoms with Crippen LogP contribution >= 0.6 is 0 Å². The number of benzene rings is 1. The van der Waals surface area contributed by atoms with Crippen molar-refractivity contribution in [2.24, 2.45) is 13.0 Å². The number of aryl methyl sites for hydroxylation is 1. The van der Waals surface area contributed by atoms with Gasteiger partial charge in [-0.1, -0.05) is 42.7 Å². The van der Waals surface area contributed by atoms with Gasteiger partial charge in [-0.2, -0.15) is 0 Å². The molecule has 0 spiro atoms. The van der Waals surface area contributed by atoms with E-state index in [1.54, 1.807) is 14.0 Å². The van der Waals surface area contributed by atoms with E-state index >= 15 is 0 Å². The average Bonchev–Trinajstić information content (AvgIpc) is 3.40. The summed E-state index contributed by atoms with van der Waals surface area (Å²) in [7, 11) is 3.74. The van der Waals surface area contributed by atoms with Crippen molar-refractivity contribution in [1.29, 1.82) is 0 Å². The maximum Gasteiger partial charge on any atom is 0.303 e. The summed E-state index contributed by atoms with van der Waals surface area (Å²) in [4.78, 5) is 23.4. The first kappa shape index (κ1) is 21.6. The second-order valence-electron chi connectivity index (χ2n) is 8.97. The molecule has 5 nitrogen and oxygen atoms in total. The lowest BCUT2D eigenvalue weighted by atomic mass is 9.69. The SMILES string of the molecule is COC1(C2CCCC2)C=CC(CCC(=O)O)=CC1c1ccc2c(c1)c(C(C)=O)cn2C. The number of carbonyl (C=O) groups is 2. The summed E-state index contributed by atoms with van der Waals surface area (Å²) in [6, 6.07) is 6.34. The number of nitrogens with zero attached hydrogens (tertiary/aromatic N) is 1. The van der Waals surface area contributed by atoms with Crippen LogP contribution in [0.2, 0.25) is 0 Å². The standard InChI is InChI=1S/C26H31NO4/c1-17(28)22-16-27(2)24-10-9-19(15-21(22)24)23-14-18(8-11-25(29)30)12-13-26(23,31-3)20-6-4-5-7-20/h9-10,12-16,20,23H,4-8,11H2,1-3H3,(H,29,30). The van der Waals surface area contributed by atoms with Gasteiger partial charge in [-0.3, -0.25) is 9.59 Å². The van der Waals surface area contributed by atoms with Gasteiger partial charge in [0, 0.05) is 49.2 Å². The van der Waals surface area contributed by atoms with E-state index in [1.807, 2.05) is 17.8 Å². The predicted molar refractivity (Wildman–Crippen MR) is 121 cm³/mol. The van der Waals surface area contributed by atoms with Gasteiger partial charge in [-0.25, -0.2) is 0 Å². The number of carboxylic acids is 1. The van der Waals surface area contributed by atoms with Crippen molar-refractivity contribution < 1.29 is 19.4 Å². The van der Waals surface area contributed by atoms with E-state index in [0.29, 0.717) is 12.3 Å². The van der Waals surface area contributed by atoms with Crippen LogP contribution in [0.3, 0.4) is 0 Å². The normalized spacial score (nSPS) is 24.0. The van der Waals surface area contributed by atoms with Crippen molar-refractivity contribution in [2.45, 2.75) is 57.0 Å². The number of rotatable bonds is 7. The van der Waals surface area contributed by atoms with E-state index in [1.165, 1.54) is 12.8 Å². The van der Waals surface area contributed by atoms with Crippen molar-refractivity contribution >= 4 is 22.7 Å². The van der Waals surface area contributed by atoms with Crippen molar-refractivity contribution in [3.05, 3.63) is 59.3 Å². The van der Waals surface area contributed by atoms with Crippen LogP contribution in [0.25, 0.3) is 10.9 Å². The predicted octanol–water partition coefficient (Wildman–Crippen LogP) is 5.40. The van der Waals surface area contributed by atoms with Crippen LogP contribution in [0, 0.1) is 5.92 Å². The fourth-order valence-corrected chi connectivity index (χ4v) is 5.53. The monoisotopic (exact) mass is 421 g/mol. The Morgan fingerprint density at radius 1 is 1.26 bits per heavy atom. The molecule has 1 heterocycles. The second kappa shape index (κ2) is 8.46. The number of carbonyl (C=O) groups excluding carboxylic acids is 1. The Morgan fingerprint density at radius 3 is 2.65 bits per heavy atom. The fourth-order valence-electron chi connectivity index (χ4n) is 5.53. The number of fused-ring (bicyclic) bond motifs is 1. The van der Waals surface area contributed by atoms with Crippen molar-refractivity contribution in [3.63, 3.8) is 0 Å². The first-order valence-electron chi connectivity index (χ1n) is 11.1. The molecule has 2 aromatic rings. The summed E-state index contributed by atoms with van der Waals surface area (Å²) in [6.45, 7) is 1.60. The van der Waals surface area contributed by atoms with Crippen LogP contribution in [0.1, 0.15) is 67.3 Å². The number of allylic oxidation sites excluding steroid dienone is 2. The molecule has 1 saturated carbocycles. The van der Waals surface area contributed by atoms with Crippen molar-refractivity contribution in [3.8, 4) is 0 Å². The molecule has 0 aliphatic heterocycles. The molecule has 0 radical (unpaired) electrons. The van der Waals surface area contributed by atoms with Crippen LogP contribution in [-0.2, 0) is 16.6 Å². The average molecular weight is 422 g/mol. The van der Waals surface area contributed by atoms with E-state index < -0.39 is 11.6 Å². The van der Waals surface area contributed by atoms with Gasteiger partial charge in [-0.15, -0.1) is 0 Å². The van der Waals surface area contributed by atoms with Gasteiger partial charge < -0.3 is 14.4 Å². The molecule has 1 fully saturated rings. The Balaban J connectivity index is 1.83. The van der Waals surface area contributed by atoms with E-state index in [0.717, 1.165) is 40.4 Å². The number of ether oxygens (including phenoxy) is 1. The summed E-state index contributed by atoms with van der Waals surface area (Å²) in [5, 5.41) is 10.1. The third kappa shape index (κ3) is 3.87. The van der Waals surface area contributed by atoms with Gasteiger partial charge in [-0.05, 0) is 49.8 Å². The smallest absolute Gasteiger partial charge is 0.303 e. The van der Waals surface area contributed by atoms with Crippen molar-refractivity contribution in [2.75, 3.05) is 7.11 Å². The number of ketones is 1. The van der Waals surface area contributed by atoms with Gasteiger partial charge in [0.2, 0.25) is 0 Å². The molecule has 0 bridgehead atoms. The lowest BCUT2D eigenvalue weighted by Crippen LogP contribution is -2.43. The number of methoxy groups -OCH3 is 1. The molecule has 4 rings (SSSR count). The highest BCUT2D eigenvalue weighted by Crippen LogP contribution is 2.49. The van der Waals surface area contributed by atoms with E-state index in [9.17, 15) is 9.59 Å². The zero-order valence-corrected chi connectivity index (χ0v) is 18.6. The van der Waals surface area contributed by atoms with Gasteiger partial charge >= 0.3 is 5.97 Å². The Hall–Kier alpha value is -2.66. The lowest BCUT2D eigenvalue weighted by molar-refractivity contribution is -0.136. The highest BCUT2D eigenvalue weighted by Gasteiger charge is 2.46. The quantitative estimate of drug-likeness (QED) is 0.608. The number of hydrogen-bond acceptors (Lipinski definition) is 3. The summed E-state index contributed by atoms with van der Waals surface area (Å²) >= 11 is 0. The highest BCUT2D eigenvalue weighted by molar-refractivity contribution is 6.07. The molecular weight excluding hydrogens is 390 g/mol. The third-order valence-electron chi connectivity index (χ3n) is 7.15. The molecule has 2 aliphatic rings. The van der Waals surface area contributed by atoms with E-state index in [2.05, 4.69) is 36.4 Å². The van der Waals surface area contributed by atoms with Crippen LogP contribution < -0.4 is 0 Å². The summed E-state index contributed by atoms with van der Waals surface area (Å²) in [5.74, 6) is -0.353. The first-order chi connectivity index (χ1) is 14.9. The molecule has 164 valence electrons. The second-order valence-corrected chi connectivity index (χ2v) is 8.97. The lowest BCUT2D eigenvalue weighted by Gasteiger charge is -2.43. The van der Waals surface area contributed by atoms with E-state index in [4.69, 9.17) is 9.84 Å². The molecule has 2 atom stereocenters. The molecule has 1 aromatic carbocycles. The zero-order chi connectivity index (χ0) is 22.2. The number of hydrogen-bond donors (Lipinski definition) is 1. The minimum absolute atomic E-state index is 0.0289. The number of aliphatic carboxylic acids is 1. The van der Waals surface area contributed by atoms with Gasteiger partial charge in [0.25, 0.3) is 0 Å². The number of Topliss-reactive ketones (excluding diaryl/α,β-unsaturated/α-hetero) is 1. The topological polar surface area (TPSA) is 68.5 Å².